The number of carbonyl (C=O) groups excluding carboxylic acids is 1. The van der Waals surface area contributed by atoms with Crippen LogP contribution in [0.5, 0.6) is 0 Å². The Morgan fingerprint density at radius 2 is 2.30 bits per heavy atom. The van der Waals surface area contributed by atoms with Crippen LogP contribution in [0.4, 0.5) is 0 Å². The van der Waals surface area contributed by atoms with Crippen molar-refractivity contribution in [1.29, 1.82) is 0 Å². The molecule has 1 rings (SSSR count). The zero-order chi connectivity index (χ0) is 7.72. The number of Topliss-reactive ketones (excluding diaryl/α,β-unsaturated/α-hetero) is 1. The predicted octanol–water partition coefficient (Wildman–Crippen LogP) is 2.91. The molecule has 0 aliphatic heterocycles. The fourth-order valence-corrected chi connectivity index (χ4v) is 2.00. The molecule has 0 aliphatic carbocycles. The second-order valence-electron chi connectivity index (χ2n) is 2.09. The van der Waals surface area contributed by atoms with Gasteiger partial charge in [0.25, 0.3) is 0 Å². The second-order valence-corrected chi connectivity index (χ2v) is 3.75. The van der Waals surface area contributed by atoms with Crippen LogP contribution in [0.2, 0.25) is 5.02 Å². The van der Waals surface area contributed by atoms with Crippen molar-refractivity contribution in [3.63, 3.8) is 0 Å². The summed E-state index contributed by atoms with van der Waals surface area (Å²) in [7, 11) is 0. The van der Waals surface area contributed by atoms with Crippen molar-refractivity contribution in [3.05, 3.63) is 20.8 Å². The van der Waals surface area contributed by atoms with Gasteiger partial charge in [-0.05, 0) is 13.0 Å². The van der Waals surface area contributed by atoms with Gasteiger partial charge in [-0.15, -0.1) is 11.3 Å². The summed E-state index contributed by atoms with van der Waals surface area (Å²) < 4.78 is 0. The van der Waals surface area contributed by atoms with Crippen LogP contribution < -0.4 is 0 Å². The van der Waals surface area contributed by atoms with Crippen molar-refractivity contribution in [2.75, 3.05) is 0 Å². The first kappa shape index (κ1) is 7.76. The smallest absolute Gasteiger partial charge is 0.171 e. The number of aryl methyl sites for hydroxylation is 1. The number of thiophene rings is 1. The van der Waals surface area contributed by atoms with Gasteiger partial charge < -0.3 is 0 Å². The van der Waals surface area contributed by atoms with Crippen LogP contribution in [0.3, 0.4) is 0 Å². The van der Waals surface area contributed by atoms with E-state index in [9.17, 15) is 4.79 Å². The lowest BCUT2D eigenvalue weighted by Gasteiger charge is -1.85. The quantitative estimate of drug-likeness (QED) is 0.599. The maximum absolute atomic E-state index is 10.8. The highest BCUT2D eigenvalue weighted by Crippen LogP contribution is 2.26. The van der Waals surface area contributed by atoms with E-state index in [1.807, 2.05) is 13.0 Å². The molecule has 1 nitrogen and oxygen atoms in total. The number of hydrogen-bond donors (Lipinski definition) is 0. The van der Waals surface area contributed by atoms with E-state index in [4.69, 9.17) is 11.6 Å². The first-order valence-electron chi connectivity index (χ1n) is 2.88. The summed E-state index contributed by atoms with van der Waals surface area (Å²) in [5, 5.41) is 0.579. The Labute approximate surface area is 68.6 Å². The minimum Gasteiger partial charge on any atom is -0.294 e. The summed E-state index contributed by atoms with van der Waals surface area (Å²) in [6, 6.07) is 1.81. The Morgan fingerprint density at radius 1 is 1.70 bits per heavy atom. The van der Waals surface area contributed by atoms with Gasteiger partial charge in [-0.25, -0.2) is 0 Å². The Hall–Kier alpha value is -0.340. The zero-order valence-electron chi connectivity index (χ0n) is 5.77. The maximum Gasteiger partial charge on any atom is 0.171 e. The summed E-state index contributed by atoms with van der Waals surface area (Å²) in [4.78, 5) is 12.6. The number of ketones is 1. The van der Waals surface area contributed by atoms with Crippen molar-refractivity contribution in [3.8, 4) is 0 Å². The molecule has 0 unspecified atom stereocenters. The first-order valence-corrected chi connectivity index (χ1v) is 4.07. The van der Waals surface area contributed by atoms with E-state index < -0.39 is 0 Å². The Morgan fingerprint density at radius 3 is 2.50 bits per heavy atom. The molecule has 0 aliphatic rings. The van der Waals surface area contributed by atoms with Gasteiger partial charge in [-0.2, -0.15) is 0 Å². The second kappa shape index (κ2) is 2.72. The van der Waals surface area contributed by atoms with Gasteiger partial charge in [0, 0.05) is 11.8 Å². The zero-order valence-corrected chi connectivity index (χ0v) is 7.34. The molecule has 0 amide bonds. The molecule has 0 atom stereocenters. The SMILES string of the molecule is CC(=O)c1sc(C)cc1Cl. The van der Waals surface area contributed by atoms with E-state index in [0.717, 1.165) is 4.88 Å². The van der Waals surface area contributed by atoms with Crippen molar-refractivity contribution in [2.24, 2.45) is 0 Å². The lowest BCUT2D eigenvalue weighted by atomic mass is 10.3. The largest absolute Gasteiger partial charge is 0.294 e. The third kappa shape index (κ3) is 1.39. The van der Waals surface area contributed by atoms with E-state index >= 15 is 0 Å². The number of halogens is 1. The molecule has 0 N–H and O–H groups in total. The first-order chi connectivity index (χ1) is 4.61. The third-order valence-corrected chi connectivity index (χ3v) is 2.69. The van der Waals surface area contributed by atoms with Gasteiger partial charge in [0.2, 0.25) is 0 Å². The molecule has 1 aromatic heterocycles. The topological polar surface area (TPSA) is 17.1 Å². The minimum absolute atomic E-state index is 0.0445. The molecule has 54 valence electrons. The van der Waals surface area contributed by atoms with Crippen LogP contribution >= 0.6 is 22.9 Å². The molecule has 0 spiro atoms. The monoisotopic (exact) mass is 174 g/mol. The normalized spacial score (nSPS) is 9.90. The molecular formula is C7H7ClOS. The van der Waals surface area contributed by atoms with Crippen LogP contribution in [0.1, 0.15) is 21.5 Å². The van der Waals surface area contributed by atoms with Crippen LogP contribution in [0.25, 0.3) is 0 Å². The minimum atomic E-state index is 0.0445. The van der Waals surface area contributed by atoms with E-state index in [2.05, 4.69) is 0 Å². The van der Waals surface area contributed by atoms with Crippen LogP contribution in [0, 0.1) is 6.92 Å². The highest BCUT2D eigenvalue weighted by molar-refractivity contribution is 7.14. The molecule has 3 heteroatoms. The van der Waals surface area contributed by atoms with Crippen LogP contribution in [-0.4, -0.2) is 5.78 Å². The lowest BCUT2D eigenvalue weighted by Crippen LogP contribution is -1.85. The van der Waals surface area contributed by atoms with Crippen LogP contribution in [-0.2, 0) is 0 Å². The Balaban J connectivity index is 3.15. The highest BCUT2D eigenvalue weighted by atomic mass is 35.5. The summed E-state index contributed by atoms with van der Waals surface area (Å²) in [6.45, 7) is 3.46. The van der Waals surface area contributed by atoms with E-state index in [0.29, 0.717) is 9.90 Å². The number of carbonyl (C=O) groups is 1. The average Bonchev–Trinajstić information content (AvgIpc) is 2.10. The fraction of sp³-hybridized carbons (Fsp3) is 0.286. The van der Waals surface area contributed by atoms with Crippen molar-refractivity contribution >= 4 is 28.7 Å². The summed E-state index contributed by atoms with van der Waals surface area (Å²) in [6.07, 6.45) is 0. The predicted molar refractivity (Wildman–Crippen MR) is 44.1 cm³/mol. The lowest BCUT2D eigenvalue weighted by molar-refractivity contribution is 0.102. The molecule has 1 heterocycles. The molecule has 0 bridgehead atoms. The molecule has 10 heavy (non-hydrogen) atoms. The molecule has 0 saturated heterocycles. The third-order valence-electron chi connectivity index (χ3n) is 1.13. The van der Waals surface area contributed by atoms with E-state index in [1.165, 1.54) is 18.3 Å². The van der Waals surface area contributed by atoms with E-state index in [1.54, 1.807) is 0 Å². The van der Waals surface area contributed by atoms with Gasteiger partial charge in [0.05, 0.1) is 9.90 Å². The van der Waals surface area contributed by atoms with Crippen molar-refractivity contribution in [2.45, 2.75) is 13.8 Å². The Bertz CT molecular complexity index is 265. The van der Waals surface area contributed by atoms with E-state index in [-0.39, 0.29) is 5.78 Å². The number of hydrogen-bond acceptors (Lipinski definition) is 2. The summed E-state index contributed by atoms with van der Waals surface area (Å²) >= 11 is 7.17. The van der Waals surface area contributed by atoms with Gasteiger partial charge in [0.1, 0.15) is 0 Å². The Kier molecular flexibility index (Phi) is 2.11. The number of rotatable bonds is 1. The highest BCUT2D eigenvalue weighted by Gasteiger charge is 2.07. The summed E-state index contributed by atoms with van der Waals surface area (Å²) in [5.41, 5.74) is 0. The maximum atomic E-state index is 10.8. The molecule has 0 saturated carbocycles. The average molecular weight is 175 g/mol. The van der Waals surface area contributed by atoms with Gasteiger partial charge in [-0.1, -0.05) is 11.6 Å². The summed E-state index contributed by atoms with van der Waals surface area (Å²) in [5.74, 6) is 0.0445. The van der Waals surface area contributed by atoms with Crippen LogP contribution in [0.15, 0.2) is 6.07 Å². The molecule has 0 aromatic carbocycles. The standard InChI is InChI=1S/C7H7ClOS/c1-4-3-6(8)7(10-4)5(2)9/h3H,1-2H3. The van der Waals surface area contributed by atoms with Gasteiger partial charge in [-0.3, -0.25) is 4.79 Å². The van der Waals surface area contributed by atoms with Crippen molar-refractivity contribution < 1.29 is 4.79 Å². The van der Waals surface area contributed by atoms with Gasteiger partial charge >= 0.3 is 0 Å². The molecule has 0 fully saturated rings. The van der Waals surface area contributed by atoms with Gasteiger partial charge in [0.15, 0.2) is 5.78 Å². The molecule has 0 radical (unpaired) electrons. The molecule has 1 aromatic rings. The fourth-order valence-electron chi connectivity index (χ4n) is 0.723. The molecular weight excluding hydrogens is 168 g/mol. The van der Waals surface area contributed by atoms with Crippen molar-refractivity contribution in [1.82, 2.24) is 0 Å².